The molecule has 5 heterocycles. The fourth-order valence-corrected chi connectivity index (χ4v) is 4.19. The van der Waals surface area contributed by atoms with Crippen molar-refractivity contribution in [2.75, 3.05) is 10.6 Å². The lowest BCUT2D eigenvalue weighted by Gasteiger charge is -2.11. The SMILES string of the molecule is C=C/C=C(\C)c1cnc2n[nH]c(C3Nc4cncc(-c5cccs5)c4N3)c2c1. The lowest BCUT2D eigenvalue weighted by Crippen LogP contribution is -2.13. The van der Waals surface area contributed by atoms with Gasteiger partial charge in [-0.3, -0.25) is 10.1 Å². The zero-order chi connectivity index (χ0) is 19.1. The molecule has 1 unspecified atom stereocenters. The van der Waals surface area contributed by atoms with E-state index >= 15 is 0 Å². The van der Waals surface area contributed by atoms with Crippen LogP contribution in [0.1, 0.15) is 24.3 Å². The van der Waals surface area contributed by atoms with E-state index in [0.29, 0.717) is 5.65 Å². The number of rotatable bonds is 4. The second-order valence-electron chi connectivity index (χ2n) is 6.63. The van der Waals surface area contributed by atoms with Gasteiger partial charge in [-0.15, -0.1) is 11.3 Å². The Balaban J connectivity index is 1.55. The average molecular weight is 386 g/mol. The Kier molecular flexibility index (Phi) is 3.95. The Morgan fingerprint density at radius 1 is 1.25 bits per heavy atom. The monoisotopic (exact) mass is 386 g/mol. The predicted molar refractivity (Wildman–Crippen MR) is 115 cm³/mol. The van der Waals surface area contributed by atoms with Gasteiger partial charge in [-0.1, -0.05) is 24.8 Å². The van der Waals surface area contributed by atoms with E-state index in [4.69, 9.17) is 0 Å². The normalized spacial score (nSPS) is 15.9. The van der Waals surface area contributed by atoms with E-state index in [9.17, 15) is 0 Å². The lowest BCUT2D eigenvalue weighted by molar-refractivity contribution is 0.873. The third kappa shape index (κ3) is 2.68. The van der Waals surface area contributed by atoms with Crippen molar-refractivity contribution < 1.29 is 0 Å². The number of hydrogen-bond acceptors (Lipinski definition) is 6. The number of aromatic nitrogens is 4. The topological polar surface area (TPSA) is 78.5 Å². The van der Waals surface area contributed by atoms with Crippen molar-refractivity contribution in [1.82, 2.24) is 20.2 Å². The molecule has 138 valence electrons. The number of nitrogens with one attached hydrogen (secondary N) is 3. The number of fused-ring (bicyclic) bond motifs is 2. The maximum atomic E-state index is 4.50. The zero-order valence-corrected chi connectivity index (χ0v) is 16.0. The van der Waals surface area contributed by atoms with Crippen molar-refractivity contribution in [2.24, 2.45) is 0 Å². The number of H-pyrrole nitrogens is 1. The second kappa shape index (κ2) is 6.61. The van der Waals surface area contributed by atoms with Crippen LogP contribution in [-0.2, 0) is 0 Å². The number of anilines is 2. The maximum absolute atomic E-state index is 4.50. The third-order valence-corrected chi connectivity index (χ3v) is 5.78. The van der Waals surface area contributed by atoms with Gasteiger partial charge in [0.15, 0.2) is 5.65 Å². The Morgan fingerprint density at radius 3 is 3.00 bits per heavy atom. The van der Waals surface area contributed by atoms with E-state index in [1.165, 1.54) is 4.88 Å². The Bertz CT molecular complexity index is 1210. The number of pyridine rings is 2. The Hall–Kier alpha value is -3.45. The van der Waals surface area contributed by atoms with E-state index in [1.807, 2.05) is 37.7 Å². The summed E-state index contributed by atoms with van der Waals surface area (Å²) in [5.74, 6) is 0. The minimum Gasteiger partial charge on any atom is -0.358 e. The van der Waals surface area contributed by atoms with Crippen LogP contribution in [-0.4, -0.2) is 20.2 Å². The molecule has 5 rings (SSSR count). The van der Waals surface area contributed by atoms with Crippen molar-refractivity contribution in [1.29, 1.82) is 0 Å². The highest BCUT2D eigenvalue weighted by atomic mass is 32.1. The second-order valence-corrected chi connectivity index (χ2v) is 7.57. The summed E-state index contributed by atoms with van der Waals surface area (Å²) in [6.07, 6.45) is 9.21. The van der Waals surface area contributed by atoms with Crippen LogP contribution in [0.4, 0.5) is 11.4 Å². The van der Waals surface area contributed by atoms with Crippen LogP contribution < -0.4 is 10.6 Å². The fourth-order valence-electron chi connectivity index (χ4n) is 3.45. The number of allylic oxidation sites excluding steroid dienone is 3. The molecule has 0 spiro atoms. The number of aromatic amines is 1. The van der Waals surface area contributed by atoms with E-state index in [0.717, 1.165) is 39.2 Å². The Labute approximate surface area is 166 Å². The minimum atomic E-state index is -0.136. The molecule has 0 radical (unpaired) electrons. The van der Waals surface area contributed by atoms with Gasteiger partial charge in [0.05, 0.1) is 23.3 Å². The molecular weight excluding hydrogens is 368 g/mol. The molecule has 4 aromatic heterocycles. The van der Waals surface area contributed by atoms with Crippen molar-refractivity contribution in [2.45, 2.75) is 13.1 Å². The first-order valence-corrected chi connectivity index (χ1v) is 9.81. The molecule has 0 fully saturated rings. The highest BCUT2D eigenvalue weighted by molar-refractivity contribution is 7.13. The summed E-state index contributed by atoms with van der Waals surface area (Å²) < 4.78 is 0. The summed E-state index contributed by atoms with van der Waals surface area (Å²) >= 11 is 1.70. The van der Waals surface area contributed by atoms with Crippen molar-refractivity contribution in [3.8, 4) is 10.4 Å². The van der Waals surface area contributed by atoms with Gasteiger partial charge in [0, 0.05) is 28.2 Å². The van der Waals surface area contributed by atoms with Crippen molar-refractivity contribution >= 4 is 39.3 Å². The summed E-state index contributed by atoms with van der Waals surface area (Å²) in [4.78, 5) is 10.1. The predicted octanol–water partition coefficient (Wildman–Crippen LogP) is 5.21. The van der Waals surface area contributed by atoms with Gasteiger partial charge >= 0.3 is 0 Å². The first-order chi connectivity index (χ1) is 13.7. The van der Waals surface area contributed by atoms with Crippen LogP contribution in [0.3, 0.4) is 0 Å². The van der Waals surface area contributed by atoms with Gasteiger partial charge in [-0.05, 0) is 35.6 Å². The molecule has 0 bridgehead atoms. The highest BCUT2D eigenvalue weighted by Gasteiger charge is 2.27. The quantitative estimate of drug-likeness (QED) is 0.420. The van der Waals surface area contributed by atoms with Gasteiger partial charge in [-0.25, -0.2) is 4.98 Å². The molecule has 4 aromatic rings. The first-order valence-electron chi connectivity index (χ1n) is 8.93. The Morgan fingerprint density at radius 2 is 2.18 bits per heavy atom. The molecule has 7 heteroatoms. The molecule has 1 aliphatic rings. The molecule has 3 N–H and O–H groups in total. The zero-order valence-electron chi connectivity index (χ0n) is 15.2. The fraction of sp³-hybridized carbons (Fsp3) is 0.0952. The maximum Gasteiger partial charge on any atom is 0.181 e. The number of thiophene rings is 1. The third-order valence-electron chi connectivity index (χ3n) is 4.87. The molecule has 0 aromatic carbocycles. The van der Waals surface area contributed by atoms with E-state index in [1.54, 1.807) is 17.4 Å². The van der Waals surface area contributed by atoms with Crippen LogP contribution in [0, 0.1) is 0 Å². The molecule has 0 aliphatic carbocycles. The summed E-state index contributed by atoms with van der Waals surface area (Å²) in [6.45, 7) is 5.82. The summed E-state index contributed by atoms with van der Waals surface area (Å²) in [5, 5.41) is 17.7. The van der Waals surface area contributed by atoms with Gasteiger partial charge in [0.25, 0.3) is 0 Å². The molecule has 0 amide bonds. The number of hydrogen-bond donors (Lipinski definition) is 3. The van der Waals surface area contributed by atoms with Crippen LogP contribution in [0.25, 0.3) is 27.0 Å². The smallest absolute Gasteiger partial charge is 0.181 e. The van der Waals surface area contributed by atoms with Crippen LogP contribution >= 0.6 is 11.3 Å². The van der Waals surface area contributed by atoms with Gasteiger partial charge < -0.3 is 10.6 Å². The van der Waals surface area contributed by atoms with E-state index in [2.05, 4.69) is 54.9 Å². The molecule has 6 nitrogen and oxygen atoms in total. The molecule has 0 saturated carbocycles. The van der Waals surface area contributed by atoms with Gasteiger partial charge in [0.1, 0.15) is 6.17 Å². The number of nitrogens with zero attached hydrogens (tertiary/aromatic N) is 3. The van der Waals surface area contributed by atoms with Crippen LogP contribution in [0.5, 0.6) is 0 Å². The summed E-state index contributed by atoms with van der Waals surface area (Å²) in [6, 6.07) is 6.27. The van der Waals surface area contributed by atoms with Crippen LogP contribution in [0.15, 0.2) is 60.9 Å². The van der Waals surface area contributed by atoms with Gasteiger partial charge in [0.2, 0.25) is 0 Å². The molecule has 0 saturated heterocycles. The van der Waals surface area contributed by atoms with E-state index < -0.39 is 0 Å². The molecule has 1 aliphatic heterocycles. The van der Waals surface area contributed by atoms with Gasteiger partial charge in [-0.2, -0.15) is 5.10 Å². The lowest BCUT2D eigenvalue weighted by atomic mass is 10.1. The van der Waals surface area contributed by atoms with Crippen LogP contribution in [0.2, 0.25) is 0 Å². The minimum absolute atomic E-state index is 0.136. The average Bonchev–Trinajstić information content (AvgIpc) is 3.45. The first kappa shape index (κ1) is 16.7. The molecule has 28 heavy (non-hydrogen) atoms. The largest absolute Gasteiger partial charge is 0.358 e. The highest BCUT2D eigenvalue weighted by Crippen LogP contribution is 2.43. The molecule has 1 atom stereocenters. The summed E-state index contributed by atoms with van der Waals surface area (Å²) in [5.41, 5.74) is 6.92. The summed E-state index contributed by atoms with van der Waals surface area (Å²) in [7, 11) is 0. The van der Waals surface area contributed by atoms with Crippen molar-refractivity contribution in [3.05, 3.63) is 72.2 Å². The van der Waals surface area contributed by atoms with E-state index in [-0.39, 0.29) is 6.17 Å². The van der Waals surface area contributed by atoms with Crippen molar-refractivity contribution in [3.63, 3.8) is 0 Å². The molecular formula is C21H18N6S. The standard InChI is InChI=1S/C21H18N6S/c1-3-5-12(2)13-8-14-19(26-27-20(14)23-9-13)21-24-16-11-22-10-15(18(16)25-21)17-6-4-7-28-17/h3-11,21,24-25H,1H2,2H3,(H,23,26,27)/b12-5+.